The molecule has 0 spiro atoms. The number of benzene rings is 1. The van der Waals surface area contributed by atoms with Gasteiger partial charge in [0, 0.05) is 11.1 Å². The molecule has 24 heavy (non-hydrogen) atoms. The molecule has 1 amide bonds. The van der Waals surface area contributed by atoms with Crippen molar-refractivity contribution < 1.29 is 24.2 Å². The molecule has 0 aliphatic rings. The summed E-state index contributed by atoms with van der Waals surface area (Å²) in [5, 5.41) is 12.0. The number of methoxy groups -OCH3 is 2. The fourth-order valence-electron chi connectivity index (χ4n) is 2.53. The standard InChI is InChI=1S/C18H25NO5/c1-6-8-12-10-13(11-14(23-4)15(12)24-5)16(20)19-18(3,9-7-2)17(21)22/h6,10-11H,1,7-9H2,2-5H3,(H,19,20)(H,21,22). The number of aliphatic carboxylic acids is 1. The molecule has 0 aliphatic carbocycles. The summed E-state index contributed by atoms with van der Waals surface area (Å²) < 4.78 is 10.6. The fourth-order valence-corrected chi connectivity index (χ4v) is 2.53. The van der Waals surface area contributed by atoms with Crippen LogP contribution in [0.15, 0.2) is 24.8 Å². The zero-order valence-electron chi connectivity index (χ0n) is 14.6. The van der Waals surface area contributed by atoms with Gasteiger partial charge in [0.1, 0.15) is 5.54 Å². The molecule has 6 heteroatoms. The molecular weight excluding hydrogens is 310 g/mol. The molecule has 1 rings (SSSR count). The van der Waals surface area contributed by atoms with E-state index in [9.17, 15) is 14.7 Å². The van der Waals surface area contributed by atoms with Gasteiger partial charge in [0.25, 0.3) is 5.91 Å². The lowest BCUT2D eigenvalue weighted by Gasteiger charge is -2.26. The van der Waals surface area contributed by atoms with E-state index in [1.807, 2.05) is 6.92 Å². The Balaban J connectivity index is 3.25. The SMILES string of the molecule is C=CCc1cc(C(=O)NC(C)(CCC)C(=O)O)cc(OC)c1OC. The second-order valence-corrected chi connectivity index (χ2v) is 5.71. The molecule has 0 bridgehead atoms. The Morgan fingerprint density at radius 2 is 2.00 bits per heavy atom. The summed E-state index contributed by atoms with van der Waals surface area (Å²) in [4.78, 5) is 24.1. The second kappa shape index (κ2) is 8.38. The Morgan fingerprint density at radius 1 is 1.33 bits per heavy atom. The van der Waals surface area contributed by atoms with E-state index in [1.54, 1.807) is 12.1 Å². The molecular formula is C18H25NO5. The molecule has 1 aromatic carbocycles. The van der Waals surface area contributed by atoms with Gasteiger partial charge in [-0.25, -0.2) is 4.79 Å². The Morgan fingerprint density at radius 3 is 2.46 bits per heavy atom. The van der Waals surface area contributed by atoms with Crippen molar-refractivity contribution in [3.63, 3.8) is 0 Å². The van der Waals surface area contributed by atoms with Crippen LogP contribution in [0.4, 0.5) is 0 Å². The van der Waals surface area contributed by atoms with E-state index in [-0.39, 0.29) is 0 Å². The maximum absolute atomic E-state index is 12.6. The Kier molecular flexibility index (Phi) is 6.82. The Labute approximate surface area is 142 Å². The third kappa shape index (κ3) is 4.28. The molecule has 0 fully saturated rings. The van der Waals surface area contributed by atoms with Gasteiger partial charge in [-0.15, -0.1) is 6.58 Å². The molecule has 0 saturated carbocycles. The van der Waals surface area contributed by atoms with Crippen LogP contribution < -0.4 is 14.8 Å². The molecule has 2 N–H and O–H groups in total. The molecule has 1 unspecified atom stereocenters. The van der Waals surface area contributed by atoms with E-state index in [1.165, 1.54) is 27.2 Å². The van der Waals surface area contributed by atoms with Gasteiger partial charge in [-0.2, -0.15) is 0 Å². The quantitative estimate of drug-likeness (QED) is 0.678. The summed E-state index contributed by atoms with van der Waals surface area (Å²) in [6.45, 7) is 7.06. The van der Waals surface area contributed by atoms with E-state index in [0.29, 0.717) is 36.3 Å². The van der Waals surface area contributed by atoms with Gasteiger partial charge >= 0.3 is 5.97 Å². The summed E-state index contributed by atoms with van der Waals surface area (Å²) >= 11 is 0. The normalized spacial score (nSPS) is 12.8. The van der Waals surface area contributed by atoms with Gasteiger partial charge in [0.15, 0.2) is 11.5 Å². The summed E-state index contributed by atoms with van der Waals surface area (Å²) in [5.74, 6) is -0.595. The summed E-state index contributed by atoms with van der Waals surface area (Å²) in [5.41, 5.74) is -0.268. The van der Waals surface area contributed by atoms with Crippen molar-refractivity contribution in [3.8, 4) is 11.5 Å². The van der Waals surface area contributed by atoms with Crippen LogP contribution in [0.5, 0.6) is 11.5 Å². The molecule has 0 aromatic heterocycles. The van der Waals surface area contributed by atoms with E-state index in [0.717, 1.165) is 5.56 Å². The van der Waals surface area contributed by atoms with Gasteiger partial charge in [0.05, 0.1) is 14.2 Å². The first-order valence-corrected chi connectivity index (χ1v) is 7.74. The van der Waals surface area contributed by atoms with Crippen LogP contribution in [0.25, 0.3) is 0 Å². The highest BCUT2D eigenvalue weighted by Gasteiger charge is 2.34. The minimum absolute atomic E-state index is 0.313. The molecule has 132 valence electrons. The molecule has 0 saturated heterocycles. The van der Waals surface area contributed by atoms with Crippen LogP contribution in [0.3, 0.4) is 0 Å². The predicted octanol–water partition coefficient (Wildman–Crippen LogP) is 2.81. The summed E-state index contributed by atoms with van der Waals surface area (Å²) in [6, 6.07) is 3.20. The lowest BCUT2D eigenvalue weighted by molar-refractivity contribution is -0.144. The van der Waals surface area contributed by atoms with E-state index in [4.69, 9.17) is 9.47 Å². The zero-order valence-corrected chi connectivity index (χ0v) is 14.6. The minimum atomic E-state index is -1.32. The number of carbonyl (C=O) groups is 2. The first-order chi connectivity index (χ1) is 11.3. The van der Waals surface area contributed by atoms with Gasteiger partial charge in [-0.3, -0.25) is 4.79 Å². The third-order valence-electron chi connectivity index (χ3n) is 3.79. The van der Waals surface area contributed by atoms with E-state index < -0.39 is 17.4 Å². The topological polar surface area (TPSA) is 84.9 Å². The van der Waals surface area contributed by atoms with Crippen molar-refractivity contribution in [2.24, 2.45) is 0 Å². The summed E-state index contributed by atoms with van der Waals surface area (Å²) in [6.07, 6.45) is 3.15. The van der Waals surface area contributed by atoms with Crippen LogP contribution >= 0.6 is 0 Å². The lowest BCUT2D eigenvalue weighted by Crippen LogP contribution is -2.52. The van der Waals surface area contributed by atoms with Crippen LogP contribution in [0.1, 0.15) is 42.6 Å². The molecule has 1 atom stereocenters. The van der Waals surface area contributed by atoms with Crippen molar-refractivity contribution >= 4 is 11.9 Å². The maximum Gasteiger partial charge on any atom is 0.329 e. The van der Waals surface area contributed by atoms with Crippen LogP contribution in [-0.4, -0.2) is 36.7 Å². The predicted molar refractivity (Wildman–Crippen MR) is 91.9 cm³/mol. The van der Waals surface area contributed by atoms with Gasteiger partial charge in [-0.05, 0) is 31.9 Å². The number of hydrogen-bond acceptors (Lipinski definition) is 4. The van der Waals surface area contributed by atoms with Crippen LogP contribution in [0, 0.1) is 0 Å². The number of amides is 1. The highest BCUT2D eigenvalue weighted by atomic mass is 16.5. The van der Waals surface area contributed by atoms with E-state index in [2.05, 4.69) is 11.9 Å². The van der Waals surface area contributed by atoms with Crippen LogP contribution in [-0.2, 0) is 11.2 Å². The third-order valence-corrected chi connectivity index (χ3v) is 3.79. The summed E-state index contributed by atoms with van der Waals surface area (Å²) in [7, 11) is 3.00. The molecule has 0 radical (unpaired) electrons. The highest BCUT2D eigenvalue weighted by molar-refractivity contribution is 5.98. The zero-order chi connectivity index (χ0) is 18.3. The number of allylic oxidation sites excluding steroid dienone is 1. The molecule has 1 aromatic rings. The average molecular weight is 335 g/mol. The largest absolute Gasteiger partial charge is 0.493 e. The van der Waals surface area contributed by atoms with E-state index >= 15 is 0 Å². The maximum atomic E-state index is 12.6. The minimum Gasteiger partial charge on any atom is -0.493 e. The monoisotopic (exact) mass is 335 g/mol. The number of carbonyl (C=O) groups excluding carboxylic acids is 1. The van der Waals surface area contributed by atoms with Crippen LogP contribution in [0.2, 0.25) is 0 Å². The van der Waals surface area contributed by atoms with Crippen molar-refractivity contribution in [2.75, 3.05) is 14.2 Å². The first-order valence-electron chi connectivity index (χ1n) is 7.74. The average Bonchev–Trinajstić information content (AvgIpc) is 2.54. The fraction of sp³-hybridized carbons (Fsp3) is 0.444. The van der Waals surface area contributed by atoms with Crippen molar-refractivity contribution in [1.29, 1.82) is 0 Å². The van der Waals surface area contributed by atoms with Gasteiger partial charge < -0.3 is 19.9 Å². The Hall–Kier alpha value is -2.50. The smallest absolute Gasteiger partial charge is 0.329 e. The number of rotatable bonds is 9. The second-order valence-electron chi connectivity index (χ2n) is 5.71. The molecule has 6 nitrogen and oxygen atoms in total. The number of hydrogen-bond donors (Lipinski definition) is 2. The van der Waals surface area contributed by atoms with Crippen molar-refractivity contribution in [2.45, 2.75) is 38.6 Å². The highest BCUT2D eigenvalue weighted by Crippen LogP contribution is 2.33. The van der Waals surface area contributed by atoms with Gasteiger partial charge in [0.2, 0.25) is 0 Å². The molecule has 0 aliphatic heterocycles. The number of nitrogens with one attached hydrogen (secondary N) is 1. The number of carboxylic acid groups (broad SMARTS) is 1. The lowest BCUT2D eigenvalue weighted by atomic mass is 9.95. The first kappa shape index (κ1) is 19.5. The Bertz CT molecular complexity index is 626. The number of ether oxygens (including phenoxy) is 2. The molecule has 0 heterocycles. The van der Waals surface area contributed by atoms with Crippen molar-refractivity contribution in [3.05, 3.63) is 35.9 Å². The van der Waals surface area contributed by atoms with Crippen molar-refractivity contribution in [1.82, 2.24) is 5.32 Å². The van der Waals surface area contributed by atoms with Gasteiger partial charge in [-0.1, -0.05) is 19.4 Å². The number of carboxylic acids is 1.